The summed E-state index contributed by atoms with van der Waals surface area (Å²) in [6.07, 6.45) is 6.57. The van der Waals surface area contributed by atoms with Gasteiger partial charge in [0.25, 0.3) is 5.91 Å². The molecule has 3 rings (SSSR count). The van der Waals surface area contributed by atoms with Crippen molar-refractivity contribution >= 4 is 17.8 Å². The van der Waals surface area contributed by atoms with Crippen LogP contribution in [-0.2, 0) is 9.59 Å². The fourth-order valence-electron chi connectivity index (χ4n) is 3.87. The number of carbonyl (C=O) groups excluding carboxylic acids is 3. The van der Waals surface area contributed by atoms with Crippen LogP contribution in [0.15, 0.2) is 0 Å². The van der Waals surface area contributed by atoms with Crippen LogP contribution in [0, 0.1) is 5.92 Å². The number of amides is 4. The van der Waals surface area contributed by atoms with E-state index in [0.29, 0.717) is 25.3 Å². The number of imide groups is 1. The fourth-order valence-corrected chi connectivity index (χ4v) is 3.87. The highest BCUT2D eigenvalue weighted by Gasteiger charge is 2.51. The number of nitrogens with zero attached hydrogens (tertiary/aromatic N) is 1. The minimum Gasteiger partial charge on any atom is -0.354 e. The zero-order valence-corrected chi connectivity index (χ0v) is 13.5. The molecule has 128 valence electrons. The Morgan fingerprint density at radius 3 is 2.70 bits per heavy atom. The van der Waals surface area contributed by atoms with Gasteiger partial charge in [-0.05, 0) is 44.7 Å². The zero-order valence-electron chi connectivity index (χ0n) is 13.5. The van der Waals surface area contributed by atoms with Gasteiger partial charge in [0, 0.05) is 6.54 Å². The first-order valence-corrected chi connectivity index (χ1v) is 8.72. The lowest BCUT2D eigenvalue weighted by atomic mass is 9.82. The van der Waals surface area contributed by atoms with Crippen molar-refractivity contribution in [2.24, 2.45) is 5.92 Å². The van der Waals surface area contributed by atoms with Gasteiger partial charge < -0.3 is 16.0 Å². The first-order chi connectivity index (χ1) is 11.1. The molecule has 7 nitrogen and oxygen atoms in total. The molecule has 3 fully saturated rings. The van der Waals surface area contributed by atoms with E-state index in [9.17, 15) is 14.4 Å². The molecule has 0 radical (unpaired) electrons. The van der Waals surface area contributed by atoms with Crippen LogP contribution >= 0.6 is 0 Å². The Hall–Kier alpha value is -1.63. The number of piperidine rings is 1. The average molecular weight is 322 g/mol. The maximum Gasteiger partial charge on any atom is 0.325 e. The first kappa shape index (κ1) is 16.2. The van der Waals surface area contributed by atoms with E-state index in [1.54, 1.807) is 0 Å². The van der Waals surface area contributed by atoms with Crippen LogP contribution in [-0.4, -0.2) is 54.5 Å². The molecule has 0 aromatic carbocycles. The minimum absolute atomic E-state index is 0.174. The number of rotatable bonds is 4. The molecule has 1 aliphatic carbocycles. The van der Waals surface area contributed by atoms with Crippen LogP contribution in [0.2, 0.25) is 0 Å². The van der Waals surface area contributed by atoms with Gasteiger partial charge in [0.1, 0.15) is 12.1 Å². The molecule has 3 N–H and O–H groups in total. The number of hydrogen-bond acceptors (Lipinski definition) is 4. The van der Waals surface area contributed by atoms with Crippen molar-refractivity contribution in [3.63, 3.8) is 0 Å². The molecular weight excluding hydrogens is 296 g/mol. The van der Waals surface area contributed by atoms with Gasteiger partial charge in [-0.15, -0.1) is 0 Å². The fraction of sp³-hybridized carbons (Fsp3) is 0.812. The molecule has 0 aromatic heterocycles. The number of hydrogen-bond donors (Lipinski definition) is 3. The molecule has 2 saturated heterocycles. The second-order valence-electron chi connectivity index (χ2n) is 6.98. The topological polar surface area (TPSA) is 90.5 Å². The van der Waals surface area contributed by atoms with Gasteiger partial charge in [-0.2, -0.15) is 0 Å². The van der Waals surface area contributed by atoms with Crippen molar-refractivity contribution in [3.8, 4) is 0 Å². The van der Waals surface area contributed by atoms with Crippen LogP contribution in [0.1, 0.15) is 44.9 Å². The number of carbonyl (C=O) groups is 3. The summed E-state index contributed by atoms with van der Waals surface area (Å²) in [6.45, 7) is 2.37. The Labute approximate surface area is 136 Å². The van der Waals surface area contributed by atoms with Crippen LogP contribution in [0.4, 0.5) is 4.79 Å². The molecule has 1 spiro atoms. The Bertz CT molecular complexity index is 482. The number of urea groups is 1. The second-order valence-corrected chi connectivity index (χ2v) is 6.98. The molecule has 1 atom stereocenters. The molecule has 2 aliphatic heterocycles. The molecule has 0 bridgehead atoms. The first-order valence-electron chi connectivity index (χ1n) is 8.72. The molecule has 2 heterocycles. The molecule has 1 unspecified atom stereocenters. The SMILES string of the molecule is O=C(CN1C(=O)NC2(CCCCC2)C1=O)NCC1CCCNC1. The summed E-state index contributed by atoms with van der Waals surface area (Å²) in [5.74, 6) is -0.0518. The summed E-state index contributed by atoms with van der Waals surface area (Å²) in [5, 5.41) is 8.99. The summed E-state index contributed by atoms with van der Waals surface area (Å²) >= 11 is 0. The Morgan fingerprint density at radius 1 is 1.22 bits per heavy atom. The summed E-state index contributed by atoms with van der Waals surface area (Å²) < 4.78 is 0. The van der Waals surface area contributed by atoms with Gasteiger partial charge in [0.2, 0.25) is 5.91 Å². The van der Waals surface area contributed by atoms with Crippen molar-refractivity contribution in [1.29, 1.82) is 0 Å². The lowest BCUT2D eigenvalue weighted by Gasteiger charge is -2.30. The van der Waals surface area contributed by atoms with Gasteiger partial charge in [-0.1, -0.05) is 19.3 Å². The lowest BCUT2D eigenvalue weighted by molar-refractivity contribution is -0.135. The highest BCUT2D eigenvalue weighted by molar-refractivity contribution is 6.09. The van der Waals surface area contributed by atoms with Crippen LogP contribution in [0.3, 0.4) is 0 Å². The van der Waals surface area contributed by atoms with Crippen molar-refractivity contribution in [2.45, 2.75) is 50.5 Å². The third-order valence-corrected chi connectivity index (χ3v) is 5.24. The van der Waals surface area contributed by atoms with E-state index in [0.717, 1.165) is 50.1 Å². The Morgan fingerprint density at radius 2 is 2.00 bits per heavy atom. The highest BCUT2D eigenvalue weighted by atomic mass is 16.2. The Kier molecular flexibility index (Phi) is 4.84. The molecule has 4 amide bonds. The molecule has 23 heavy (non-hydrogen) atoms. The smallest absolute Gasteiger partial charge is 0.325 e. The largest absolute Gasteiger partial charge is 0.354 e. The zero-order chi connectivity index (χ0) is 16.3. The van der Waals surface area contributed by atoms with E-state index in [4.69, 9.17) is 0 Å². The minimum atomic E-state index is -0.747. The average Bonchev–Trinajstić information content (AvgIpc) is 2.79. The summed E-state index contributed by atoms with van der Waals surface area (Å²) in [7, 11) is 0. The van der Waals surface area contributed by atoms with E-state index in [1.807, 2.05) is 0 Å². The third kappa shape index (κ3) is 3.49. The summed E-state index contributed by atoms with van der Waals surface area (Å²) in [5.41, 5.74) is -0.747. The summed E-state index contributed by atoms with van der Waals surface area (Å²) in [4.78, 5) is 37.9. The van der Waals surface area contributed by atoms with Crippen molar-refractivity contribution in [1.82, 2.24) is 20.9 Å². The molecule has 0 aromatic rings. The Balaban J connectivity index is 1.51. The van der Waals surface area contributed by atoms with E-state index in [-0.39, 0.29) is 18.4 Å². The van der Waals surface area contributed by atoms with E-state index < -0.39 is 11.6 Å². The van der Waals surface area contributed by atoms with Gasteiger partial charge in [-0.3, -0.25) is 14.5 Å². The van der Waals surface area contributed by atoms with Crippen LogP contribution < -0.4 is 16.0 Å². The van der Waals surface area contributed by atoms with Crippen molar-refractivity contribution in [2.75, 3.05) is 26.2 Å². The quantitative estimate of drug-likeness (QED) is 0.652. The lowest BCUT2D eigenvalue weighted by Crippen LogP contribution is -2.49. The maximum absolute atomic E-state index is 12.6. The normalized spacial score (nSPS) is 27.1. The highest BCUT2D eigenvalue weighted by Crippen LogP contribution is 2.33. The second kappa shape index (κ2) is 6.86. The van der Waals surface area contributed by atoms with Crippen molar-refractivity contribution < 1.29 is 14.4 Å². The molecule has 1 saturated carbocycles. The van der Waals surface area contributed by atoms with Gasteiger partial charge >= 0.3 is 6.03 Å². The van der Waals surface area contributed by atoms with E-state index in [2.05, 4.69) is 16.0 Å². The van der Waals surface area contributed by atoms with E-state index in [1.165, 1.54) is 0 Å². The number of nitrogens with one attached hydrogen (secondary N) is 3. The van der Waals surface area contributed by atoms with Gasteiger partial charge in [-0.25, -0.2) is 4.79 Å². The summed E-state index contributed by atoms with van der Waals surface area (Å²) in [6, 6.07) is -0.425. The van der Waals surface area contributed by atoms with Crippen molar-refractivity contribution in [3.05, 3.63) is 0 Å². The maximum atomic E-state index is 12.6. The standard InChI is InChI=1S/C16H26N4O3/c21-13(18-10-12-5-4-8-17-9-12)11-20-14(22)16(19-15(20)23)6-2-1-3-7-16/h12,17H,1-11H2,(H,18,21)(H,19,23). The predicted octanol–water partition coefficient (Wildman–Crippen LogP) is 0.357. The molecular formula is C16H26N4O3. The van der Waals surface area contributed by atoms with Gasteiger partial charge in [0.05, 0.1) is 0 Å². The van der Waals surface area contributed by atoms with Gasteiger partial charge in [0.15, 0.2) is 0 Å². The van der Waals surface area contributed by atoms with E-state index >= 15 is 0 Å². The predicted molar refractivity (Wildman–Crippen MR) is 84.7 cm³/mol. The van der Waals surface area contributed by atoms with Crippen LogP contribution in [0.25, 0.3) is 0 Å². The van der Waals surface area contributed by atoms with Crippen LogP contribution in [0.5, 0.6) is 0 Å². The molecule has 3 aliphatic rings. The third-order valence-electron chi connectivity index (χ3n) is 5.24. The monoisotopic (exact) mass is 322 g/mol. The molecule has 7 heteroatoms.